The zero-order chi connectivity index (χ0) is 11.8. The highest BCUT2D eigenvalue weighted by Crippen LogP contribution is 2.26. The Labute approximate surface area is 105 Å². The predicted octanol–water partition coefficient (Wildman–Crippen LogP) is 2.50. The predicted molar refractivity (Wildman–Crippen MR) is 68.7 cm³/mol. The number of aryl methyl sites for hydroxylation is 1. The molecule has 0 spiro atoms. The third-order valence-corrected chi connectivity index (χ3v) is 4.01. The van der Waals surface area contributed by atoms with Crippen LogP contribution in [0.15, 0.2) is 16.6 Å². The third-order valence-electron chi connectivity index (χ3n) is 3.17. The zero-order valence-electron chi connectivity index (χ0n) is 9.70. The summed E-state index contributed by atoms with van der Waals surface area (Å²) in [6.07, 6.45) is 1.62. The average molecular weight is 285 g/mol. The second kappa shape index (κ2) is 4.34. The summed E-state index contributed by atoms with van der Waals surface area (Å²) in [5, 5.41) is 9.88. The molecule has 0 bridgehead atoms. The summed E-state index contributed by atoms with van der Waals surface area (Å²) in [4.78, 5) is 6.78. The molecular formula is C12H17BrN2O. The molecule has 0 saturated carbocycles. The molecule has 4 heteroatoms. The summed E-state index contributed by atoms with van der Waals surface area (Å²) >= 11 is 3.45. The van der Waals surface area contributed by atoms with E-state index < -0.39 is 5.60 Å². The first-order chi connectivity index (χ1) is 7.48. The van der Waals surface area contributed by atoms with Crippen LogP contribution in [-0.4, -0.2) is 28.8 Å². The van der Waals surface area contributed by atoms with E-state index >= 15 is 0 Å². The summed E-state index contributed by atoms with van der Waals surface area (Å²) < 4.78 is 1.04. The van der Waals surface area contributed by atoms with Crippen LogP contribution >= 0.6 is 15.9 Å². The van der Waals surface area contributed by atoms with Gasteiger partial charge in [0.1, 0.15) is 5.82 Å². The first-order valence-corrected chi connectivity index (χ1v) is 6.38. The van der Waals surface area contributed by atoms with Crippen molar-refractivity contribution < 1.29 is 5.11 Å². The van der Waals surface area contributed by atoms with Gasteiger partial charge >= 0.3 is 0 Å². The molecule has 0 aromatic carbocycles. The number of aliphatic hydroxyl groups is 1. The van der Waals surface area contributed by atoms with E-state index in [1.165, 1.54) is 0 Å². The SMILES string of the molecule is Cc1nc(N2CCC(C)(O)CC2)ccc1Br. The summed E-state index contributed by atoms with van der Waals surface area (Å²) in [6, 6.07) is 4.06. The van der Waals surface area contributed by atoms with E-state index in [4.69, 9.17) is 0 Å². The number of hydrogen-bond acceptors (Lipinski definition) is 3. The first kappa shape index (κ1) is 11.9. The lowest BCUT2D eigenvalue weighted by Gasteiger charge is -2.36. The van der Waals surface area contributed by atoms with E-state index in [0.717, 1.165) is 41.9 Å². The zero-order valence-corrected chi connectivity index (χ0v) is 11.3. The number of rotatable bonds is 1. The van der Waals surface area contributed by atoms with Crippen molar-refractivity contribution in [2.75, 3.05) is 18.0 Å². The van der Waals surface area contributed by atoms with Crippen molar-refractivity contribution in [1.82, 2.24) is 4.98 Å². The number of halogens is 1. The number of piperidine rings is 1. The van der Waals surface area contributed by atoms with Crippen LogP contribution in [0.3, 0.4) is 0 Å². The Balaban J connectivity index is 2.11. The van der Waals surface area contributed by atoms with Crippen LogP contribution in [0.2, 0.25) is 0 Å². The van der Waals surface area contributed by atoms with Crippen molar-refractivity contribution in [1.29, 1.82) is 0 Å². The summed E-state index contributed by atoms with van der Waals surface area (Å²) in [5.74, 6) is 1.01. The topological polar surface area (TPSA) is 36.4 Å². The van der Waals surface area contributed by atoms with Crippen LogP contribution < -0.4 is 4.90 Å². The van der Waals surface area contributed by atoms with E-state index in [1.807, 2.05) is 26.0 Å². The number of aromatic nitrogens is 1. The molecule has 1 aliphatic heterocycles. The van der Waals surface area contributed by atoms with Crippen LogP contribution in [0.4, 0.5) is 5.82 Å². The lowest BCUT2D eigenvalue weighted by atomic mass is 9.94. The molecule has 0 atom stereocenters. The Morgan fingerprint density at radius 2 is 2.00 bits per heavy atom. The second-order valence-corrected chi connectivity index (χ2v) is 5.58. The van der Waals surface area contributed by atoms with E-state index in [9.17, 15) is 5.11 Å². The molecule has 1 aromatic rings. The van der Waals surface area contributed by atoms with Crippen molar-refractivity contribution in [3.63, 3.8) is 0 Å². The maximum atomic E-state index is 9.88. The fraction of sp³-hybridized carbons (Fsp3) is 0.583. The van der Waals surface area contributed by atoms with Crippen LogP contribution in [-0.2, 0) is 0 Å². The van der Waals surface area contributed by atoms with Gasteiger partial charge in [-0.05, 0) is 54.8 Å². The molecule has 1 aliphatic rings. The van der Waals surface area contributed by atoms with Gasteiger partial charge in [-0.15, -0.1) is 0 Å². The third kappa shape index (κ3) is 2.55. The normalized spacial score (nSPS) is 19.9. The highest BCUT2D eigenvalue weighted by atomic mass is 79.9. The van der Waals surface area contributed by atoms with E-state index in [2.05, 4.69) is 25.8 Å². The largest absolute Gasteiger partial charge is 0.390 e. The summed E-state index contributed by atoms with van der Waals surface area (Å²) in [7, 11) is 0. The average Bonchev–Trinajstić information content (AvgIpc) is 2.22. The Bertz CT molecular complexity index is 383. The number of anilines is 1. The van der Waals surface area contributed by atoms with Gasteiger partial charge in [-0.1, -0.05) is 0 Å². The standard InChI is InChI=1S/C12H17BrN2O/c1-9-10(13)3-4-11(14-9)15-7-5-12(2,16)6-8-15/h3-4,16H,5-8H2,1-2H3. The molecule has 0 aliphatic carbocycles. The summed E-state index contributed by atoms with van der Waals surface area (Å²) in [6.45, 7) is 5.65. The van der Waals surface area contributed by atoms with Crippen LogP contribution in [0.25, 0.3) is 0 Å². The Kier molecular flexibility index (Phi) is 3.22. The highest BCUT2D eigenvalue weighted by molar-refractivity contribution is 9.10. The van der Waals surface area contributed by atoms with Crippen molar-refractivity contribution in [2.24, 2.45) is 0 Å². The molecule has 0 radical (unpaired) electrons. The fourth-order valence-corrected chi connectivity index (χ4v) is 2.15. The molecule has 1 aromatic heterocycles. The van der Waals surface area contributed by atoms with Crippen LogP contribution in [0.5, 0.6) is 0 Å². The molecule has 1 saturated heterocycles. The molecule has 0 unspecified atom stereocenters. The van der Waals surface area contributed by atoms with Gasteiger partial charge in [-0.3, -0.25) is 0 Å². The van der Waals surface area contributed by atoms with Crippen molar-refractivity contribution in [3.05, 3.63) is 22.3 Å². The van der Waals surface area contributed by atoms with Gasteiger partial charge in [-0.2, -0.15) is 0 Å². The Hall–Kier alpha value is -0.610. The lowest BCUT2D eigenvalue weighted by Crippen LogP contribution is -2.42. The van der Waals surface area contributed by atoms with Gasteiger partial charge in [0, 0.05) is 17.6 Å². The molecule has 2 heterocycles. The van der Waals surface area contributed by atoms with Crippen molar-refractivity contribution in [3.8, 4) is 0 Å². The summed E-state index contributed by atoms with van der Waals surface area (Å²) in [5.41, 5.74) is 0.510. The van der Waals surface area contributed by atoms with Gasteiger partial charge in [0.25, 0.3) is 0 Å². The van der Waals surface area contributed by atoms with E-state index in [1.54, 1.807) is 0 Å². The first-order valence-electron chi connectivity index (χ1n) is 5.58. The lowest BCUT2D eigenvalue weighted by molar-refractivity contribution is 0.0350. The number of hydrogen-bond donors (Lipinski definition) is 1. The van der Waals surface area contributed by atoms with Crippen LogP contribution in [0.1, 0.15) is 25.5 Å². The minimum Gasteiger partial charge on any atom is -0.390 e. The molecule has 2 rings (SSSR count). The molecule has 1 N–H and O–H groups in total. The van der Waals surface area contributed by atoms with Crippen molar-refractivity contribution in [2.45, 2.75) is 32.3 Å². The van der Waals surface area contributed by atoms with Gasteiger partial charge < -0.3 is 10.0 Å². The number of pyridine rings is 1. The molecule has 16 heavy (non-hydrogen) atoms. The molecule has 0 amide bonds. The Morgan fingerprint density at radius 3 is 2.56 bits per heavy atom. The second-order valence-electron chi connectivity index (χ2n) is 4.72. The maximum Gasteiger partial charge on any atom is 0.128 e. The van der Waals surface area contributed by atoms with E-state index in [-0.39, 0.29) is 0 Å². The van der Waals surface area contributed by atoms with Gasteiger partial charge in [0.05, 0.1) is 11.3 Å². The van der Waals surface area contributed by atoms with Crippen molar-refractivity contribution >= 4 is 21.7 Å². The fourth-order valence-electron chi connectivity index (χ4n) is 1.92. The minimum absolute atomic E-state index is 0.499. The smallest absolute Gasteiger partial charge is 0.128 e. The van der Waals surface area contributed by atoms with Crippen LogP contribution in [0, 0.1) is 6.92 Å². The highest BCUT2D eigenvalue weighted by Gasteiger charge is 2.27. The van der Waals surface area contributed by atoms with Gasteiger partial charge in [0.15, 0.2) is 0 Å². The number of nitrogens with zero attached hydrogens (tertiary/aromatic N) is 2. The quantitative estimate of drug-likeness (QED) is 0.861. The maximum absolute atomic E-state index is 9.88. The minimum atomic E-state index is -0.499. The van der Waals surface area contributed by atoms with E-state index in [0.29, 0.717) is 0 Å². The molecule has 88 valence electrons. The van der Waals surface area contributed by atoms with Gasteiger partial charge in [-0.25, -0.2) is 4.98 Å². The molecular weight excluding hydrogens is 268 g/mol. The monoisotopic (exact) mass is 284 g/mol. The molecule has 1 fully saturated rings. The Morgan fingerprint density at radius 1 is 1.38 bits per heavy atom. The van der Waals surface area contributed by atoms with Gasteiger partial charge in [0.2, 0.25) is 0 Å². The molecule has 3 nitrogen and oxygen atoms in total.